The summed E-state index contributed by atoms with van der Waals surface area (Å²) in [4.78, 5) is 16.5. The molecule has 2 aromatic carbocycles. The number of aromatic nitrogens is 1. The van der Waals surface area contributed by atoms with Crippen LogP contribution < -0.4 is 5.32 Å². The monoisotopic (exact) mass is 348 g/mol. The molecule has 0 radical (unpaired) electrons. The van der Waals surface area contributed by atoms with E-state index < -0.39 is 0 Å². The van der Waals surface area contributed by atoms with Gasteiger partial charge in [0.2, 0.25) is 5.89 Å². The summed E-state index contributed by atoms with van der Waals surface area (Å²) in [6.07, 6.45) is 3.49. The Balaban J connectivity index is 1.73. The van der Waals surface area contributed by atoms with Crippen molar-refractivity contribution in [3.8, 4) is 11.5 Å². The van der Waals surface area contributed by atoms with Crippen LogP contribution in [0.4, 0.5) is 5.69 Å². The molecule has 0 aliphatic heterocycles. The first-order chi connectivity index (χ1) is 12.5. The van der Waals surface area contributed by atoms with Gasteiger partial charge in [0.15, 0.2) is 12.2 Å². The standard InChI is InChI=1S/C21H20N2O3/c1-4-6-15(3)25-13-20(24)22-17-8-5-7-16(12-17)21-23-18-10-9-14(2)11-19(18)26-21/h4-12H,3,13H2,1-2H3,(H,22,24)/b6-4-. The number of oxazole rings is 1. The number of fused-ring (bicyclic) bond motifs is 1. The largest absolute Gasteiger partial charge is 0.484 e. The molecule has 5 heteroatoms. The summed E-state index contributed by atoms with van der Waals surface area (Å²) in [7, 11) is 0. The van der Waals surface area contributed by atoms with E-state index in [-0.39, 0.29) is 12.5 Å². The van der Waals surface area contributed by atoms with Gasteiger partial charge in [0.25, 0.3) is 5.91 Å². The molecule has 1 amide bonds. The second kappa shape index (κ2) is 7.70. The van der Waals surface area contributed by atoms with E-state index in [4.69, 9.17) is 9.15 Å². The molecule has 3 aromatic rings. The Morgan fingerprint density at radius 1 is 1.31 bits per heavy atom. The normalized spacial score (nSPS) is 11.0. The van der Waals surface area contributed by atoms with Crippen LogP contribution in [-0.4, -0.2) is 17.5 Å². The molecule has 0 unspecified atom stereocenters. The van der Waals surface area contributed by atoms with E-state index in [2.05, 4.69) is 16.9 Å². The predicted molar refractivity (Wildman–Crippen MR) is 103 cm³/mol. The van der Waals surface area contributed by atoms with Crippen LogP contribution in [0.2, 0.25) is 0 Å². The zero-order chi connectivity index (χ0) is 18.5. The Bertz CT molecular complexity index is 986. The van der Waals surface area contributed by atoms with Gasteiger partial charge >= 0.3 is 0 Å². The number of hydrogen-bond donors (Lipinski definition) is 1. The van der Waals surface area contributed by atoms with Crippen LogP contribution in [0, 0.1) is 6.92 Å². The maximum absolute atomic E-state index is 12.0. The second-order valence-electron chi connectivity index (χ2n) is 5.87. The minimum absolute atomic E-state index is 0.102. The third-order valence-corrected chi connectivity index (χ3v) is 3.68. The maximum atomic E-state index is 12.0. The summed E-state index contributed by atoms with van der Waals surface area (Å²) < 4.78 is 11.1. The van der Waals surface area contributed by atoms with Crippen molar-refractivity contribution in [2.24, 2.45) is 0 Å². The van der Waals surface area contributed by atoms with Gasteiger partial charge in [-0.25, -0.2) is 4.98 Å². The summed E-state index contributed by atoms with van der Waals surface area (Å²) in [5.74, 6) is 0.693. The van der Waals surface area contributed by atoms with Crippen molar-refractivity contribution >= 4 is 22.7 Å². The fourth-order valence-corrected chi connectivity index (χ4v) is 2.47. The van der Waals surface area contributed by atoms with Gasteiger partial charge in [-0.2, -0.15) is 0 Å². The molecule has 0 saturated carbocycles. The molecule has 0 saturated heterocycles. The third-order valence-electron chi connectivity index (χ3n) is 3.68. The zero-order valence-electron chi connectivity index (χ0n) is 14.8. The van der Waals surface area contributed by atoms with E-state index in [9.17, 15) is 4.79 Å². The number of anilines is 1. The van der Waals surface area contributed by atoms with Crippen molar-refractivity contribution in [2.75, 3.05) is 11.9 Å². The number of nitrogens with one attached hydrogen (secondary N) is 1. The van der Waals surface area contributed by atoms with Crippen LogP contribution in [0.15, 0.2) is 71.4 Å². The molecule has 0 bridgehead atoms. The summed E-state index contributed by atoms with van der Waals surface area (Å²) in [5, 5.41) is 2.79. The van der Waals surface area contributed by atoms with Gasteiger partial charge in [-0.15, -0.1) is 0 Å². The number of amides is 1. The molecule has 1 aromatic heterocycles. The Morgan fingerprint density at radius 3 is 2.96 bits per heavy atom. The molecule has 0 spiro atoms. The summed E-state index contributed by atoms with van der Waals surface area (Å²) in [6, 6.07) is 13.2. The van der Waals surface area contributed by atoms with Crippen molar-refractivity contribution in [2.45, 2.75) is 13.8 Å². The van der Waals surface area contributed by atoms with Gasteiger partial charge in [-0.1, -0.05) is 24.8 Å². The first-order valence-corrected chi connectivity index (χ1v) is 8.27. The first kappa shape index (κ1) is 17.5. The number of benzene rings is 2. The van der Waals surface area contributed by atoms with Gasteiger partial charge in [-0.3, -0.25) is 4.79 Å². The molecule has 132 valence electrons. The Kier molecular flexibility index (Phi) is 5.17. The fraction of sp³-hybridized carbons (Fsp3) is 0.143. The lowest BCUT2D eigenvalue weighted by Crippen LogP contribution is -2.17. The molecular weight excluding hydrogens is 328 g/mol. The van der Waals surface area contributed by atoms with Gasteiger partial charge in [0.05, 0.1) is 0 Å². The third kappa shape index (κ3) is 4.19. The molecule has 0 aliphatic rings. The first-order valence-electron chi connectivity index (χ1n) is 8.27. The summed E-state index contributed by atoms with van der Waals surface area (Å²) in [5.41, 5.74) is 4.09. The lowest BCUT2D eigenvalue weighted by atomic mass is 10.2. The maximum Gasteiger partial charge on any atom is 0.262 e. The Hall–Kier alpha value is -3.34. The van der Waals surface area contributed by atoms with Crippen LogP contribution in [0.25, 0.3) is 22.6 Å². The number of carbonyl (C=O) groups is 1. The number of rotatable bonds is 6. The van der Waals surface area contributed by atoms with Crippen LogP contribution in [0.3, 0.4) is 0 Å². The topological polar surface area (TPSA) is 64.4 Å². The van der Waals surface area contributed by atoms with Gasteiger partial charge in [0.1, 0.15) is 11.3 Å². The molecule has 0 fully saturated rings. The minimum atomic E-state index is -0.263. The molecule has 1 N–H and O–H groups in total. The Labute approximate surface area is 152 Å². The number of ether oxygens (including phenoxy) is 1. The lowest BCUT2D eigenvalue weighted by molar-refractivity contribution is -0.119. The quantitative estimate of drug-likeness (QED) is 0.511. The van der Waals surface area contributed by atoms with E-state index in [1.54, 1.807) is 18.2 Å². The molecule has 0 atom stereocenters. The van der Waals surface area contributed by atoms with E-state index >= 15 is 0 Å². The number of carbonyl (C=O) groups excluding carboxylic acids is 1. The molecule has 0 aliphatic carbocycles. The van der Waals surface area contributed by atoms with Crippen molar-refractivity contribution in [3.63, 3.8) is 0 Å². The highest BCUT2D eigenvalue weighted by Crippen LogP contribution is 2.26. The van der Waals surface area contributed by atoms with E-state index in [1.807, 2.05) is 50.2 Å². The SMILES string of the molecule is C=C(/C=C\C)OCC(=O)Nc1cccc(-c2nc3ccc(C)cc3o2)c1. The Morgan fingerprint density at radius 2 is 2.15 bits per heavy atom. The average molecular weight is 348 g/mol. The van der Waals surface area contributed by atoms with Crippen molar-refractivity contribution < 1.29 is 13.9 Å². The van der Waals surface area contributed by atoms with E-state index in [1.165, 1.54) is 0 Å². The average Bonchev–Trinajstić information content (AvgIpc) is 3.04. The van der Waals surface area contributed by atoms with E-state index in [0.29, 0.717) is 17.3 Å². The van der Waals surface area contributed by atoms with Gasteiger partial charge < -0.3 is 14.5 Å². The van der Waals surface area contributed by atoms with Crippen molar-refractivity contribution in [1.82, 2.24) is 4.98 Å². The van der Waals surface area contributed by atoms with E-state index in [0.717, 1.165) is 22.2 Å². The van der Waals surface area contributed by atoms with Gasteiger partial charge in [0, 0.05) is 11.3 Å². The highest BCUT2D eigenvalue weighted by atomic mass is 16.5. The van der Waals surface area contributed by atoms with Crippen LogP contribution in [0.1, 0.15) is 12.5 Å². The minimum Gasteiger partial charge on any atom is -0.484 e. The smallest absolute Gasteiger partial charge is 0.262 e. The van der Waals surface area contributed by atoms with Gasteiger partial charge in [-0.05, 0) is 55.8 Å². The number of nitrogens with zero attached hydrogens (tertiary/aromatic N) is 1. The molecule has 26 heavy (non-hydrogen) atoms. The number of aryl methyl sites for hydroxylation is 1. The molecule has 5 nitrogen and oxygen atoms in total. The van der Waals surface area contributed by atoms with Crippen molar-refractivity contribution in [1.29, 1.82) is 0 Å². The lowest BCUT2D eigenvalue weighted by Gasteiger charge is -2.08. The molecule has 3 rings (SSSR count). The van der Waals surface area contributed by atoms with Crippen LogP contribution in [-0.2, 0) is 9.53 Å². The van der Waals surface area contributed by atoms with Crippen LogP contribution >= 0.6 is 0 Å². The van der Waals surface area contributed by atoms with Crippen LogP contribution in [0.5, 0.6) is 0 Å². The predicted octanol–water partition coefficient (Wildman–Crippen LogP) is 4.85. The highest BCUT2D eigenvalue weighted by Gasteiger charge is 2.10. The molecular formula is C21H20N2O3. The number of allylic oxidation sites excluding steroid dienone is 2. The second-order valence-corrected chi connectivity index (χ2v) is 5.87. The summed E-state index contributed by atoms with van der Waals surface area (Å²) >= 11 is 0. The molecule has 1 heterocycles. The summed E-state index contributed by atoms with van der Waals surface area (Å²) in [6.45, 7) is 7.45. The van der Waals surface area contributed by atoms with Crippen molar-refractivity contribution in [3.05, 3.63) is 72.5 Å². The number of hydrogen-bond acceptors (Lipinski definition) is 4. The fourth-order valence-electron chi connectivity index (χ4n) is 2.47. The zero-order valence-corrected chi connectivity index (χ0v) is 14.8. The highest BCUT2D eigenvalue weighted by molar-refractivity contribution is 5.92.